The average Bonchev–Trinajstić information content (AvgIpc) is 2.61. The Kier molecular flexibility index (Phi) is 5.51. The molecule has 1 fully saturated rings. The van der Waals surface area contributed by atoms with Crippen molar-refractivity contribution >= 4 is 5.97 Å². The number of hydrogen-bond donors (Lipinski definition) is 0. The highest BCUT2D eigenvalue weighted by Crippen LogP contribution is 2.11. The van der Waals surface area contributed by atoms with Crippen LogP contribution in [0.15, 0.2) is 48.8 Å². The predicted octanol–water partition coefficient (Wildman–Crippen LogP) is 2.28. The molecule has 126 valence electrons. The van der Waals surface area contributed by atoms with Crippen LogP contribution >= 0.6 is 0 Å². The second-order valence-electron chi connectivity index (χ2n) is 5.70. The third-order valence-electron chi connectivity index (χ3n) is 3.81. The number of halogens is 1. The van der Waals surface area contributed by atoms with Gasteiger partial charge in [0.05, 0.1) is 18.4 Å². The van der Waals surface area contributed by atoms with E-state index in [-0.39, 0.29) is 18.3 Å². The van der Waals surface area contributed by atoms with Crippen molar-refractivity contribution in [1.82, 2.24) is 9.88 Å². The maximum atomic E-state index is 13.1. The second kappa shape index (κ2) is 7.99. The van der Waals surface area contributed by atoms with Gasteiger partial charge in [-0.3, -0.25) is 9.88 Å². The van der Waals surface area contributed by atoms with Crippen LogP contribution in [-0.2, 0) is 16.0 Å². The van der Waals surface area contributed by atoms with Crippen LogP contribution < -0.4 is 0 Å². The number of carbonyl (C=O) groups excluding carboxylic acids is 1. The van der Waals surface area contributed by atoms with Crippen molar-refractivity contribution < 1.29 is 18.7 Å². The van der Waals surface area contributed by atoms with Crippen LogP contribution in [0.5, 0.6) is 0 Å². The van der Waals surface area contributed by atoms with Crippen molar-refractivity contribution in [1.29, 1.82) is 0 Å². The highest BCUT2D eigenvalue weighted by Gasteiger charge is 2.22. The minimum absolute atomic E-state index is 0.104. The molecule has 2 aromatic rings. The lowest BCUT2D eigenvalue weighted by atomic mass is 10.2. The minimum Gasteiger partial charge on any atom is -0.459 e. The summed E-state index contributed by atoms with van der Waals surface area (Å²) >= 11 is 0. The van der Waals surface area contributed by atoms with E-state index < -0.39 is 11.8 Å². The third-order valence-corrected chi connectivity index (χ3v) is 3.81. The number of esters is 1. The van der Waals surface area contributed by atoms with Gasteiger partial charge in [0.2, 0.25) is 0 Å². The highest BCUT2D eigenvalue weighted by molar-refractivity contribution is 5.88. The number of benzene rings is 1. The van der Waals surface area contributed by atoms with Crippen LogP contribution in [0, 0.1) is 5.82 Å². The number of rotatable bonds is 5. The molecule has 0 bridgehead atoms. The molecule has 1 unspecified atom stereocenters. The van der Waals surface area contributed by atoms with Crippen molar-refractivity contribution in [3.63, 3.8) is 0 Å². The van der Waals surface area contributed by atoms with Crippen LogP contribution in [0.1, 0.15) is 15.9 Å². The fraction of sp³-hybridized carbons (Fsp3) is 0.333. The molecule has 3 rings (SSSR count). The molecule has 1 atom stereocenters. The first-order valence-corrected chi connectivity index (χ1v) is 7.86. The number of nitrogens with zero attached hydrogens (tertiary/aromatic N) is 2. The Bertz CT molecular complexity index is 681. The van der Waals surface area contributed by atoms with Crippen molar-refractivity contribution in [3.8, 4) is 0 Å². The smallest absolute Gasteiger partial charge is 0.339 e. The van der Waals surface area contributed by atoms with Gasteiger partial charge in [0.15, 0.2) is 0 Å². The lowest BCUT2D eigenvalue weighted by molar-refractivity contribution is -0.0612. The van der Waals surface area contributed by atoms with Crippen LogP contribution in [0.2, 0.25) is 0 Å². The summed E-state index contributed by atoms with van der Waals surface area (Å²) in [4.78, 5) is 17.8. The SMILES string of the molecule is O=C(OCC1CN(Cc2ccccc2)CCO1)c1cncc(F)c1. The zero-order chi connectivity index (χ0) is 16.8. The van der Waals surface area contributed by atoms with E-state index in [1.807, 2.05) is 18.2 Å². The van der Waals surface area contributed by atoms with Crippen molar-refractivity contribution in [2.75, 3.05) is 26.3 Å². The standard InChI is InChI=1S/C18H19FN2O3/c19-16-8-15(9-20-10-16)18(22)24-13-17-12-21(6-7-23-17)11-14-4-2-1-3-5-14/h1-5,8-10,17H,6-7,11-13H2. The van der Waals surface area contributed by atoms with Crippen LogP contribution in [0.3, 0.4) is 0 Å². The fourth-order valence-electron chi connectivity index (χ4n) is 2.64. The Hall–Kier alpha value is -2.31. The van der Waals surface area contributed by atoms with Gasteiger partial charge < -0.3 is 9.47 Å². The van der Waals surface area contributed by atoms with Gasteiger partial charge in [-0.2, -0.15) is 0 Å². The predicted molar refractivity (Wildman–Crippen MR) is 85.9 cm³/mol. The third kappa shape index (κ3) is 4.59. The largest absolute Gasteiger partial charge is 0.459 e. The van der Waals surface area contributed by atoms with Gasteiger partial charge in [-0.05, 0) is 11.6 Å². The topological polar surface area (TPSA) is 51.7 Å². The maximum Gasteiger partial charge on any atom is 0.339 e. The minimum atomic E-state index is -0.592. The first-order valence-electron chi connectivity index (χ1n) is 7.86. The summed E-state index contributed by atoms with van der Waals surface area (Å²) in [6, 6.07) is 11.3. The molecule has 0 radical (unpaired) electrons. The molecule has 0 saturated carbocycles. The molecule has 2 heterocycles. The molecule has 1 saturated heterocycles. The number of pyridine rings is 1. The summed E-state index contributed by atoms with van der Waals surface area (Å²) in [6.45, 7) is 3.09. The summed E-state index contributed by atoms with van der Waals surface area (Å²) in [5.74, 6) is -1.15. The summed E-state index contributed by atoms with van der Waals surface area (Å²) in [5, 5.41) is 0. The van der Waals surface area contributed by atoms with E-state index in [0.29, 0.717) is 13.2 Å². The molecule has 1 aliphatic rings. The normalized spacial score (nSPS) is 18.3. The average molecular weight is 330 g/mol. The van der Waals surface area contributed by atoms with E-state index in [4.69, 9.17) is 9.47 Å². The molecule has 24 heavy (non-hydrogen) atoms. The van der Waals surface area contributed by atoms with Gasteiger partial charge in [-0.15, -0.1) is 0 Å². The Balaban J connectivity index is 1.49. The van der Waals surface area contributed by atoms with E-state index in [2.05, 4.69) is 22.0 Å². The number of carbonyl (C=O) groups is 1. The summed E-state index contributed by atoms with van der Waals surface area (Å²) < 4.78 is 24.0. The highest BCUT2D eigenvalue weighted by atomic mass is 19.1. The summed E-state index contributed by atoms with van der Waals surface area (Å²) in [5.41, 5.74) is 1.34. The zero-order valence-electron chi connectivity index (χ0n) is 13.2. The zero-order valence-corrected chi connectivity index (χ0v) is 13.2. The summed E-state index contributed by atoms with van der Waals surface area (Å²) in [6.07, 6.45) is 2.14. The summed E-state index contributed by atoms with van der Waals surface area (Å²) in [7, 11) is 0. The fourth-order valence-corrected chi connectivity index (χ4v) is 2.64. The van der Waals surface area contributed by atoms with Crippen molar-refractivity contribution in [2.24, 2.45) is 0 Å². The van der Waals surface area contributed by atoms with E-state index >= 15 is 0 Å². The molecule has 1 aliphatic heterocycles. The molecular weight excluding hydrogens is 311 g/mol. The first-order chi connectivity index (χ1) is 11.7. The Morgan fingerprint density at radius 1 is 1.33 bits per heavy atom. The molecule has 0 spiro atoms. The molecular formula is C18H19FN2O3. The Morgan fingerprint density at radius 3 is 2.96 bits per heavy atom. The van der Waals surface area contributed by atoms with E-state index in [0.717, 1.165) is 25.4 Å². The molecule has 0 amide bonds. The maximum absolute atomic E-state index is 13.1. The van der Waals surface area contributed by atoms with Crippen LogP contribution in [0.4, 0.5) is 4.39 Å². The van der Waals surface area contributed by atoms with Gasteiger partial charge in [-0.25, -0.2) is 9.18 Å². The monoisotopic (exact) mass is 330 g/mol. The van der Waals surface area contributed by atoms with E-state index in [1.165, 1.54) is 11.8 Å². The lowest BCUT2D eigenvalue weighted by Gasteiger charge is -2.32. The molecule has 0 aliphatic carbocycles. The van der Waals surface area contributed by atoms with E-state index in [9.17, 15) is 9.18 Å². The molecule has 0 N–H and O–H groups in total. The molecule has 1 aromatic heterocycles. The number of morpholine rings is 1. The molecule has 6 heteroatoms. The van der Waals surface area contributed by atoms with Gasteiger partial charge in [0.25, 0.3) is 0 Å². The quantitative estimate of drug-likeness (QED) is 0.787. The number of hydrogen-bond acceptors (Lipinski definition) is 5. The molecule has 1 aromatic carbocycles. The van der Waals surface area contributed by atoms with E-state index in [1.54, 1.807) is 0 Å². The first kappa shape index (κ1) is 16.5. The van der Waals surface area contributed by atoms with Crippen LogP contribution in [0.25, 0.3) is 0 Å². The lowest BCUT2D eigenvalue weighted by Crippen LogP contribution is -2.44. The number of ether oxygens (including phenoxy) is 2. The van der Waals surface area contributed by atoms with Gasteiger partial charge in [0.1, 0.15) is 18.5 Å². The van der Waals surface area contributed by atoms with Gasteiger partial charge >= 0.3 is 5.97 Å². The Morgan fingerprint density at radius 2 is 2.17 bits per heavy atom. The van der Waals surface area contributed by atoms with Crippen LogP contribution in [-0.4, -0.2) is 48.3 Å². The number of aromatic nitrogens is 1. The molecule has 5 nitrogen and oxygen atoms in total. The Labute approximate surface area is 140 Å². The van der Waals surface area contributed by atoms with Gasteiger partial charge in [0, 0.05) is 25.8 Å². The van der Waals surface area contributed by atoms with Crippen molar-refractivity contribution in [2.45, 2.75) is 12.6 Å². The van der Waals surface area contributed by atoms with Crippen molar-refractivity contribution in [3.05, 3.63) is 65.7 Å². The van der Waals surface area contributed by atoms with Gasteiger partial charge in [-0.1, -0.05) is 30.3 Å². The second-order valence-corrected chi connectivity index (χ2v) is 5.70.